The smallest absolute Gasteiger partial charge is 0.365 e. The second kappa shape index (κ2) is 23.7. The van der Waals surface area contributed by atoms with Gasteiger partial charge in [0.05, 0.1) is 56.1 Å². The van der Waals surface area contributed by atoms with Crippen LogP contribution in [0.25, 0.3) is 49.4 Å². The molecular formula is C60H49N7O7S. The zero-order valence-corrected chi connectivity index (χ0v) is 42.1. The molecular weight excluding hydrogens is 963 g/mol. The Morgan fingerprint density at radius 1 is 0.507 bits per heavy atom. The van der Waals surface area contributed by atoms with Crippen LogP contribution < -0.4 is 0 Å². The molecule has 0 saturated carbocycles. The highest BCUT2D eigenvalue weighted by Crippen LogP contribution is 2.29. The lowest BCUT2D eigenvalue weighted by Crippen LogP contribution is -2.03. The number of pyridine rings is 1. The molecule has 0 fully saturated rings. The lowest BCUT2D eigenvalue weighted by molar-refractivity contribution is -0.143. The van der Waals surface area contributed by atoms with Crippen molar-refractivity contribution in [3.8, 4) is 16.7 Å². The second-order valence-corrected chi connectivity index (χ2v) is 17.6. The molecule has 6 heterocycles. The molecule has 0 atom stereocenters. The molecule has 0 radical (unpaired) electrons. The highest BCUT2D eigenvalue weighted by molar-refractivity contribution is 7.12. The molecule has 75 heavy (non-hydrogen) atoms. The first kappa shape index (κ1) is 50.2. The number of hydrogen-bond donors (Lipinski definition) is 0. The summed E-state index contributed by atoms with van der Waals surface area (Å²) in [5.74, 6) is 0.235. The standard InChI is InChI=1S/C21H16N2O3.C21H16N2O2S.C18H17N3O2/c1-15(22-26-21(24)16-8-3-2-4-9-16)18-14-23(20-12-7-13-25-20)19-11-6-5-10-17(18)19;1-15(22-25-21(24)16-8-3-2-4-9-16)18-14-23(20-12-7-13-26-20)19-11-6-5-10-17(18)19;1-3-18(22)23-20-13(2)15-12-21(17-10-6-7-11-19-17)16-9-5-4-8-14(15)16/h2*2-14H,1H3;4-12H,3H2,1-2H3/b2*22-15+;20-13+. The van der Waals surface area contributed by atoms with E-state index in [-0.39, 0.29) is 5.97 Å². The molecule has 0 aliphatic carbocycles. The van der Waals surface area contributed by atoms with Crippen molar-refractivity contribution in [2.45, 2.75) is 34.1 Å². The average Bonchev–Trinajstić information content (AvgIpc) is 4.36. The Morgan fingerprint density at radius 3 is 1.45 bits per heavy atom. The number of furan rings is 1. The lowest BCUT2D eigenvalue weighted by atomic mass is 10.1. The summed E-state index contributed by atoms with van der Waals surface area (Å²) in [6, 6.07) is 55.3. The molecule has 0 unspecified atom stereocenters. The van der Waals surface area contributed by atoms with Crippen LogP contribution in [0.3, 0.4) is 0 Å². The van der Waals surface area contributed by atoms with Crippen LogP contribution in [0.1, 0.15) is 71.5 Å². The fourth-order valence-corrected chi connectivity index (χ4v) is 8.79. The van der Waals surface area contributed by atoms with Crippen molar-refractivity contribution >= 4 is 79.1 Å². The topological polar surface area (TPSA) is 157 Å². The van der Waals surface area contributed by atoms with Crippen molar-refractivity contribution in [1.29, 1.82) is 0 Å². The van der Waals surface area contributed by atoms with E-state index in [1.807, 2.05) is 169 Å². The van der Waals surface area contributed by atoms with E-state index < -0.39 is 11.9 Å². The Bertz CT molecular complexity index is 3640. The van der Waals surface area contributed by atoms with Crippen molar-refractivity contribution in [1.82, 2.24) is 18.7 Å². The van der Waals surface area contributed by atoms with E-state index in [0.29, 0.717) is 40.6 Å². The van der Waals surface area contributed by atoms with E-state index in [2.05, 4.69) is 37.2 Å². The van der Waals surface area contributed by atoms with E-state index in [1.165, 1.54) is 0 Å². The van der Waals surface area contributed by atoms with E-state index in [0.717, 1.165) is 60.2 Å². The second-order valence-electron chi connectivity index (χ2n) is 16.7. The van der Waals surface area contributed by atoms with Gasteiger partial charge in [-0.2, -0.15) is 0 Å². The Hall–Kier alpha value is -9.73. The largest absolute Gasteiger partial charge is 0.448 e. The van der Waals surface area contributed by atoms with Crippen LogP contribution in [-0.4, -0.2) is 53.7 Å². The summed E-state index contributed by atoms with van der Waals surface area (Å²) in [6.45, 7) is 7.22. The van der Waals surface area contributed by atoms with Gasteiger partial charge >= 0.3 is 17.9 Å². The van der Waals surface area contributed by atoms with Crippen molar-refractivity contribution in [2.75, 3.05) is 0 Å². The van der Waals surface area contributed by atoms with Crippen LogP contribution in [-0.2, 0) is 19.3 Å². The van der Waals surface area contributed by atoms with Gasteiger partial charge in [0.15, 0.2) is 0 Å². The molecule has 14 nitrogen and oxygen atoms in total. The van der Waals surface area contributed by atoms with Crippen LogP contribution in [0.4, 0.5) is 0 Å². The van der Waals surface area contributed by atoms with Gasteiger partial charge in [0.25, 0.3) is 0 Å². The highest BCUT2D eigenvalue weighted by Gasteiger charge is 2.17. The zero-order valence-electron chi connectivity index (χ0n) is 41.3. The maximum absolute atomic E-state index is 12.1. The zero-order chi connectivity index (χ0) is 52.1. The van der Waals surface area contributed by atoms with Gasteiger partial charge in [-0.1, -0.05) is 119 Å². The number of benzene rings is 5. The first-order valence-electron chi connectivity index (χ1n) is 23.9. The molecule has 0 spiro atoms. The molecule has 0 aliphatic heterocycles. The molecule has 15 heteroatoms. The number of carbonyl (C=O) groups excluding carboxylic acids is 3. The number of oxime groups is 3. The Balaban J connectivity index is 0.000000138. The van der Waals surface area contributed by atoms with Crippen LogP contribution in [0.15, 0.2) is 232 Å². The Labute approximate surface area is 435 Å². The summed E-state index contributed by atoms with van der Waals surface area (Å²) in [6.07, 6.45) is 9.61. The fourth-order valence-electron chi connectivity index (χ4n) is 8.07. The Morgan fingerprint density at radius 2 is 0.973 bits per heavy atom. The fraction of sp³-hybridized carbons (Fsp3) is 0.0833. The first-order chi connectivity index (χ1) is 36.7. The molecule has 0 saturated heterocycles. The van der Waals surface area contributed by atoms with E-state index in [9.17, 15) is 14.4 Å². The van der Waals surface area contributed by atoms with Crippen molar-refractivity contribution in [3.05, 3.63) is 240 Å². The summed E-state index contributed by atoms with van der Waals surface area (Å²) in [7, 11) is 0. The number of fused-ring (bicyclic) bond motifs is 3. The maximum atomic E-state index is 12.1. The number of para-hydroxylation sites is 3. The van der Waals surface area contributed by atoms with Crippen LogP contribution >= 0.6 is 11.3 Å². The van der Waals surface area contributed by atoms with Gasteiger partial charge < -0.3 is 28.1 Å². The normalized spacial score (nSPS) is 11.7. The minimum atomic E-state index is -0.486. The minimum absolute atomic E-state index is 0.298. The predicted molar refractivity (Wildman–Crippen MR) is 294 cm³/mol. The summed E-state index contributed by atoms with van der Waals surface area (Å²) in [5.41, 5.74) is 8.68. The number of rotatable bonds is 12. The minimum Gasteiger partial charge on any atom is -0.448 e. The number of hydrogen-bond acceptors (Lipinski definition) is 12. The van der Waals surface area contributed by atoms with Crippen molar-refractivity contribution in [2.24, 2.45) is 15.5 Å². The monoisotopic (exact) mass is 1010 g/mol. The third kappa shape index (κ3) is 11.6. The lowest BCUT2D eigenvalue weighted by Gasteiger charge is -2.02. The summed E-state index contributed by atoms with van der Waals surface area (Å²) >= 11 is 1.67. The van der Waals surface area contributed by atoms with Gasteiger partial charge in [0, 0.05) is 70.1 Å². The van der Waals surface area contributed by atoms with Crippen LogP contribution in [0.2, 0.25) is 0 Å². The van der Waals surface area contributed by atoms with Gasteiger partial charge in [-0.3, -0.25) is 4.57 Å². The van der Waals surface area contributed by atoms with E-state index >= 15 is 0 Å². The number of nitrogens with zero attached hydrogens (tertiary/aromatic N) is 7. The van der Waals surface area contributed by atoms with Crippen molar-refractivity contribution in [3.63, 3.8) is 0 Å². The third-order valence-corrected chi connectivity index (χ3v) is 12.7. The van der Waals surface area contributed by atoms with Gasteiger partial charge in [0.2, 0.25) is 5.88 Å². The molecule has 0 bridgehead atoms. The van der Waals surface area contributed by atoms with Gasteiger partial charge in [-0.25, -0.2) is 19.4 Å². The molecule has 11 aromatic rings. The molecule has 11 rings (SSSR count). The summed E-state index contributed by atoms with van der Waals surface area (Å²) in [4.78, 5) is 55.0. The van der Waals surface area contributed by atoms with Gasteiger partial charge in [-0.15, -0.1) is 11.3 Å². The summed E-state index contributed by atoms with van der Waals surface area (Å²) < 4.78 is 11.6. The Kier molecular flexibility index (Phi) is 15.8. The van der Waals surface area contributed by atoms with Crippen LogP contribution in [0.5, 0.6) is 0 Å². The number of aromatic nitrogens is 4. The van der Waals surface area contributed by atoms with E-state index in [4.69, 9.17) is 18.9 Å². The molecule has 0 N–H and O–H groups in total. The van der Waals surface area contributed by atoms with Gasteiger partial charge in [0.1, 0.15) is 5.82 Å². The highest BCUT2D eigenvalue weighted by atomic mass is 32.1. The third-order valence-electron chi connectivity index (χ3n) is 11.8. The number of thiophene rings is 1. The van der Waals surface area contributed by atoms with Gasteiger partial charge in [-0.05, 0) is 98.9 Å². The number of carbonyl (C=O) groups is 3. The molecule has 372 valence electrons. The van der Waals surface area contributed by atoms with E-state index in [1.54, 1.807) is 79.3 Å². The van der Waals surface area contributed by atoms with Crippen LogP contribution in [0, 0.1) is 0 Å². The average molecular weight is 1010 g/mol. The predicted octanol–water partition coefficient (Wildman–Crippen LogP) is 13.8. The molecule has 0 amide bonds. The summed E-state index contributed by atoms with van der Waals surface area (Å²) in [5, 5.41) is 18.3. The molecule has 0 aliphatic rings. The van der Waals surface area contributed by atoms with Crippen molar-refractivity contribution < 1.29 is 33.3 Å². The quantitative estimate of drug-likeness (QED) is 0.0665. The molecule has 6 aromatic heterocycles. The SMILES string of the molecule is C/C(=N\OC(=O)c1ccccc1)c1cn(-c2ccco2)c2ccccc12.C/C(=N\OC(=O)c1ccccc1)c1cn(-c2cccs2)c2ccccc12.CCC(=O)O/N=C(\C)c1cn(-c2ccccn2)c2ccccc12. The first-order valence-corrected chi connectivity index (χ1v) is 24.7. The molecule has 5 aromatic carbocycles. The maximum Gasteiger partial charge on any atom is 0.365 e.